The van der Waals surface area contributed by atoms with E-state index in [4.69, 9.17) is 0 Å². The van der Waals surface area contributed by atoms with E-state index in [0.717, 1.165) is 16.7 Å². The highest BCUT2D eigenvalue weighted by Crippen LogP contribution is 2.24. The lowest BCUT2D eigenvalue weighted by atomic mass is 10.0. The van der Waals surface area contributed by atoms with E-state index in [2.05, 4.69) is 24.3 Å². The molecule has 0 aliphatic heterocycles. The molecule has 16 heavy (non-hydrogen) atoms. The van der Waals surface area contributed by atoms with Gasteiger partial charge in [-0.2, -0.15) is 0 Å². The molecule has 0 saturated carbocycles. The van der Waals surface area contributed by atoms with Gasteiger partial charge in [-0.1, -0.05) is 42.5 Å². The second kappa shape index (κ2) is 3.46. The number of fused-ring (bicyclic) bond motifs is 3. The number of carbonyl (C=O) groups excluding carboxylic acids is 1. The Labute approximate surface area is 93.4 Å². The highest BCUT2D eigenvalue weighted by atomic mass is 16.1. The lowest BCUT2D eigenvalue weighted by molar-refractivity contribution is -0.103. The van der Waals surface area contributed by atoms with Gasteiger partial charge in [0.1, 0.15) is 6.29 Å². The minimum atomic E-state index is 0.840. The quantitative estimate of drug-likeness (QED) is 0.551. The first-order chi connectivity index (χ1) is 7.90. The molecule has 2 aromatic carbocycles. The number of hydrogen-bond donors (Lipinski definition) is 0. The predicted octanol–water partition coefficient (Wildman–Crippen LogP) is 1.48. The van der Waals surface area contributed by atoms with Crippen LogP contribution in [0.4, 0.5) is 0 Å². The van der Waals surface area contributed by atoms with Crippen molar-refractivity contribution >= 4 is 18.4 Å². The Hall–Kier alpha value is -2.15. The van der Waals surface area contributed by atoms with Gasteiger partial charge < -0.3 is 0 Å². The zero-order valence-electron chi connectivity index (χ0n) is 8.68. The van der Waals surface area contributed by atoms with Gasteiger partial charge in [-0.25, -0.2) is 0 Å². The molecule has 1 aliphatic carbocycles. The fourth-order valence-corrected chi connectivity index (χ4v) is 2.22. The summed E-state index contributed by atoms with van der Waals surface area (Å²) in [7, 11) is 0. The number of aldehydes is 1. The summed E-state index contributed by atoms with van der Waals surface area (Å²) < 4.78 is 0. The first kappa shape index (κ1) is 9.10. The van der Waals surface area contributed by atoms with Crippen molar-refractivity contribution in [3.8, 4) is 11.1 Å². The van der Waals surface area contributed by atoms with Crippen LogP contribution in [0.5, 0.6) is 0 Å². The first-order valence-electron chi connectivity index (χ1n) is 5.26. The Bertz CT molecular complexity index is 681. The van der Waals surface area contributed by atoms with Gasteiger partial charge in [0.25, 0.3) is 0 Å². The summed E-state index contributed by atoms with van der Waals surface area (Å²) in [5.74, 6) is 0. The molecular formula is C15H10O. The van der Waals surface area contributed by atoms with Crippen LogP contribution in [-0.4, -0.2) is 6.29 Å². The van der Waals surface area contributed by atoms with E-state index < -0.39 is 0 Å². The lowest BCUT2D eigenvalue weighted by Gasteiger charge is -1.99. The third-order valence-electron chi connectivity index (χ3n) is 2.94. The second-order valence-electron chi connectivity index (χ2n) is 3.84. The van der Waals surface area contributed by atoms with Crippen LogP contribution in [0, 0.1) is 0 Å². The van der Waals surface area contributed by atoms with Crippen molar-refractivity contribution in [1.29, 1.82) is 0 Å². The smallest absolute Gasteiger partial charge is 0.143 e. The minimum Gasteiger partial charge on any atom is -0.299 e. The number of benzene rings is 2. The Morgan fingerprint density at radius 2 is 1.69 bits per heavy atom. The number of carbonyl (C=O) groups is 1. The average molecular weight is 206 g/mol. The van der Waals surface area contributed by atoms with Crippen LogP contribution in [0.15, 0.2) is 42.5 Å². The van der Waals surface area contributed by atoms with E-state index >= 15 is 0 Å². The van der Waals surface area contributed by atoms with Crippen LogP contribution in [0.1, 0.15) is 5.56 Å². The Kier molecular flexibility index (Phi) is 1.97. The highest BCUT2D eigenvalue weighted by Gasteiger charge is 2.10. The molecule has 0 N–H and O–H groups in total. The number of rotatable bonds is 1. The minimum absolute atomic E-state index is 0.840. The van der Waals surface area contributed by atoms with Gasteiger partial charge in [0, 0.05) is 0 Å². The van der Waals surface area contributed by atoms with Crippen LogP contribution < -0.4 is 10.4 Å². The predicted molar refractivity (Wildman–Crippen MR) is 65.2 cm³/mol. The highest BCUT2D eigenvalue weighted by molar-refractivity contribution is 5.88. The molecule has 0 unspecified atom stereocenters. The van der Waals surface area contributed by atoms with Crippen molar-refractivity contribution in [2.45, 2.75) is 0 Å². The molecule has 76 valence electrons. The van der Waals surface area contributed by atoms with E-state index in [-0.39, 0.29) is 0 Å². The van der Waals surface area contributed by atoms with Crippen molar-refractivity contribution in [3.05, 3.63) is 58.5 Å². The molecular weight excluding hydrogens is 196 g/mol. The first-order valence-corrected chi connectivity index (χ1v) is 5.26. The summed E-state index contributed by atoms with van der Waals surface area (Å²) in [5.41, 5.74) is 3.69. The molecule has 0 atom stereocenters. The van der Waals surface area contributed by atoms with Gasteiger partial charge in [0.15, 0.2) is 0 Å². The fourth-order valence-electron chi connectivity index (χ4n) is 2.22. The van der Waals surface area contributed by atoms with Crippen LogP contribution in [0.25, 0.3) is 23.3 Å². The monoisotopic (exact) mass is 206 g/mol. The van der Waals surface area contributed by atoms with Crippen LogP contribution in [-0.2, 0) is 4.79 Å². The normalized spacial score (nSPS) is 12.9. The standard InChI is InChI=1S/C15H10O/c16-9-8-11-5-3-7-14-13-6-2-1-4-12(13)10-15(11)14/h1-10H. The van der Waals surface area contributed by atoms with E-state index in [9.17, 15) is 4.79 Å². The van der Waals surface area contributed by atoms with E-state index in [1.807, 2.05) is 24.3 Å². The maximum atomic E-state index is 10.6. The molecule has 1 aliphatic rings. The molecule has 1 nitrogen and oxygen atoms in total. The maximum Gasteiger partial charge on any atom is 0.143 e. The third-order valence-corrected chi connectivity index (χ3v) is 2.94. The van der Waals surface area contributed by atoms with E-state index in [0.29, 0.717) is 0 Å². The molecule has 0 saturated heterocycles. The summed E-state index contributed by atoms with van der Waals surface area (Å²) >= 11 is 0. The van der Waals surface area contributed by atoms with Gasteiger partial charge in [-0.05, 0) is 39.3 Å². The van der Waals surface area contributed by atoms with Crippen LogP contribution in [0.2, 0.25) is 0 Å². The Morgan fingerprint density at radius 1 is 0.875 bits per heavy atom. The van der Waals surface area contributed by atoms with Crippen molar-refractivity contribution < 1.29 is 4.79 Å². The molecule has 0 aromatic heterocycles. The van der Waals surface area contributed by atoms with Crippen molar-refractivity contribution in [1.82, 2.24) is 0 Å². The lowest BCUT2D eigenvalue weighted by Crippen LogP contribution is -2.24. The van der Waals surface area contributed by atoms with Gasteiger partial charge in [0.2, 0.25) is 0 Å². The molecule has 2 aromatic rings. The topological polar surface area (TPSA) is 17.1 Å². The van der Waals surface area contributed by atoms with Crippen LogP contribution in [0.3, 0.4) is 0 Å². The SMILES string of the molecule is O=CC=c1cccc2c1=Cc1ccccc1-2. The molecule has 1 heteroatoms. The molecule has 0 radical (unpaired) electrons. The van der Waals surface area contributed by atoms with Crippen molar-refractivity contribution in [2.24, 2.45) is 0 Å². The van der Waals surface area contributed by atoms with Gasteiger partial charge >= 0.3 is 0 Å². The Morgan fingerprint density at radius 3 is 2.56 bits per heavy atom. The zero-order valence-corrected chi connectivity index (χ0v) is 8.68. The molecule has 3 rings (SSSR count). The molecule has 0 bridgehead atoms. The molecule has 0 spiro atoms. The maximum absolute atomic E-state index is 10.6. The average Bonchev–Trinajstić information content (AvgIpc) is 2.69. The summed E-state index contributed by atoms with van der Waals surface area (Å²) in [4.78, 5) is 10.6. The summed E-state index contributed by atoms with van der Waals surface area (Å²) in [5, 5.41) is 2.14. The van der Waals surface area contributed by atoms with Crippen molar-refractivity contribution in [3.63, 3.8) is 0 Å². The Balaban J connectivity index is 2.43. The second-order valence-corrected chi connectivity index (χ2v) is 3.84. The van der Waals surface area contributed by atoms with Gasteiger partial charge in [0.05, 0.1) is 0 Å². The van der Waals surface area contributed by atoms with E-state index in [1.165, 1.54) is 16.7 Å². The zero-order chi connectivity index (χ0) is 11.0. The third kappa shape index (κ3) is 1.22. The fraction of sp³-hybridized carbons (Fsp3) is 0. The van der Waals surface area contributed by atoms with E-state index in [1.54, 1.807) is 6.08 Å². The summed E-state index contributed by atoms with van der Waals surface area (Å²) in [6.45, 7) is 0. The molecule has 0 amide bonds. The van der Waals surface area contributed by atoms with Crippen molar-refractivity contribution in [2.75, 3.05) is 0 Å². The summed E-state index contributed by atoms with van der Waals surface area (Å²) in [6.07, 6.45) is 4.59. The number of hydrogen-bond acceptors (Lipinski definition) is 1. The molecule has 0 fully saturated rings. The summed E-state index contributed by atoms with van der Waals surface area (Å²) in [6, 6.07) is 14.3. The largest absolute Gasteiger partial charge is 0.299 e. The van der Waals surface area contributed by atoms with Gasteiger partial charge in [-0.3, -0.25) is 4.79 Å². The molecule has 0 heterocycles. The van der Waals surface area contributed by atoms with Gasteiger partial charge in [-0.15, -0.1) is 0 Å². The van der Waals surface area contributed by atoms with Crippen LogP contribution >= 0.6 is 0 Å².